The largest absolute Gasteiger partial charge is 0.394 e. The quantitative estimate of drug-likeness (QED) is 0.396. The van der Waals surface area contributed by atoms with Gasteiger partial charge in [-0.15, -0.1) is 0 Å². The van der Waals surface area contributed by atoms with Crippen molar-refractivity contribution in [3.63, 3.8) is 0 Å². The van der Waals surface area contributed by atoms with Crippen LogP contribution in [0.2, 0.25) is 10.2 Å². The van der Waals surface area contributed by atoms with E-state index in [1.54, 1.807) is 36.2 Å². The zero-order valence-corrected chi connectivity index (χ0v) is 26.7. The third kappa shape index (κ3) is 5.21. The van der Waals surface area contributed by atoms with Crippen molar-refractivity contribution in [3.05, 3.63) is 68.7 Å². The zero-order valence-electron chi connectivity index (χ0n) is 25.2. The lowest BCUT2D eigenvalue weighted by Gasteiger charge is -2.43. The molecule has 1 aliphatic carbocycles. The van der Waals surface area contributed by atoms with Crippen molar-refractivity contribution in [2.45, 2.75) is 51.1 Å². The Balaban J connectivity index is 1.32. The second-order valence-corrected chi connectivity index (χ2v) is 13.1. The van der Waals surface area contributed by atoms with E-state index in [9.17, 15) is 14.7 Å². The molecule has 2 aliphatic heterocycles. The van der Waals surface area contributed by atoms with Gasteiger partial charge in [0.1, 0.15) is 5.15 Å². The van der Waals surface area contributed by atoms with E-state index >= 15 is 0 Å². The van der Waals surface area contributed by atoms with Crippen molar-refractivity contribution in [3.8, 4) is 11.3 Å². The summed E-state index contributed by atoms with van der Waals surface area (Å²) in [5.74, 6) is 0.223. The van der Waals surface area contributed by atoms with E-state index < -0.39 is 0 Å². The van der Waals surface area contributed by atoms with Crippen molar-refractivity contribution in [2.75, 3.05) is 45.2 Å². The van der Waals surface area contributed by atoms with E-state index in [-0.39, 0.29) is 51.8 Å². The highest BCUT2D eigenvalue weighted by Gasteiger charge is 2.47. The number of aromatic nitrogens is 3. The van der Waals surface area contributed by atoms with Crippen LogP contribution in [0.15, 0.2) is 30.5 Å². The van der Waals surface area contributed by atoms with E-state index in [0.29, 0.717) is 48.0 Å². The Morgan fingerprint density at radius 3 is 2.59 bits per heavy atom. The second kappa shape index (κ2) is 11.9. The lowest BCUT2D eigenvalue weighted by Crippen LogP contribution is -2.46. The number of nitrogens with zero attached hydrogens (tertiary/aromatic N) is 6. The number of aliphatic hydroxyl groups is 1. The van der Waals surface area contributed by atoms with Crippen LogP contribution < -0.4 is 10.6 Å². The number of halogens is 2. The Kier molecular flexibility index (Phi) is 8.30. The van der Waals surface area contributed by atoms with Crippen LogP contribution in [0.3, 0.4) is 0 Å². The van der Waals surface area contributed by atoms with Crippen LogP contribution in [-0.2, 0) is 6.42 Å². The summed E-state index contributed by atoms with van der Waals surface area (Å²) in [4.78, 5) is 46.0. The monoisotopic (exact) mass is 637 g/mol. The first-order valence-electron chi connectivity index (χ1n) is 15.0. The number of carbonyl (C=O) groups is 2. The maximum Gasteiger partial charge on any atom is 0.276 e. The van der Waals surface area contributed by atoms with Crippen molar-refractivity contribution >= 4 is 40.8 Å². The van der Waals surface area contributed by atoms with Gasteiger partial charge in [-0.2, -0.15) is 0 Å². The minimum absolute atomic E-state index is 0.0397. The molecular weight excluding hydrogens is 601 g/mol. The van der Waals surface area contributed by atoms with Gasteiger partial charge in [0, 0.05) is 57.1 Å². The smallest absolute Gasteiger partial charge is 0.276 e. The fourth-order valence-electron chi connectivity index (χ4n) is 7.06. The molecule has 3 aromatic rings. The van der Waals surface area contributed by atoms with E-state index in [1.807, 2.05) is 25.1 Å². The first-order chi connectivity index (χ1) is 21.0. The van der Waals surface area contributed by atoms with Gasteiger partial charge in [0.05, 0.1) is 29.1 Å². The second-order valence-electron chi connectivity index (χ2n) is 12.4. The number of aryl methyl sites for hydroxylation is 1. The SMILES string of the molecule is Cc1nc(N2CCC3(CC2)Cc2ccc(C(=O)N(C)C)cc2[C@H]3N)c(C(=O)N2CCCC2CO)nc1-c1ccnc(Cl)c1Cl. The van der Waals surface area contributed by atoms with Crippen LogP contribution in [0.1, 0.15) is 69.4 Å². The molecule has 0 saturated carbocycles. The molecule has 2 amide bonds. The third-order valence-electron chi connectivity index (χ3n) is 9.60. The molecular formula is C32H37Cl2N7O3. The maximum atomic E-state index is 14.1. The number of hydrogen-bond acceptors (Lipinski definition) is 8. The molecule has 1 unspecified atom stereocenters. The number of benzene rings is 1. The molecule has 1 aromatic carbocycles. The Hall–Kier alpha value is -3.31. The molecule has 2 saturated heterocycles. The van der Waals surface area contributed by atoms with Crippen molar-refractivity contribution in [1.29, 1.82) is 0 Å². The minimum Gasteiger partial charge on any atom is -0.394 e. The number of carbonyl (C=O) groups excluding carboxylic acids is 2. The summed E-state index contributed by atoms with van der Waals surface area (Å²) in [5, 5.41) is 10.4. The molecule has 2 aromatic heterocycles. The van der Waals surface area contributed by atoms with Gasteiger partial charge in [-0.05, 0) is 73.8 Å². The summed E-state index contributed by atoms with van der Waals surface area (Å²) in [6.07, 6.45) is 5.54. The highest BCUT2D eigenvalue weighted by Crippen LogP contribution is 2.51. The number of pyridine rings is 1. The average molecular weight is 639 g/mol. The molecule has 44 heavy (non-hydrogen) atoms. The van der Waals surface area contributed by atoms with Gasteiger partial charge in [-0.1, -0.05) is 29.3 Å². The Bertz CT molecular complexity index is 1620. The number of rotatable bonds is 5. The maximum absolute atomic E-state index is 14.1. The Labute approximate surface area is 267 Å². The first kappa shape index (κ1) is 30.7. The fourth-order valence-corrected chi connectivity index (χ4v) is 7.42. The molecule has 2 atom stereocenters. The number of amides is 2. The molecule has 1 spiro atoms. The fraction of sp³-hybridized carbons (Fsp3) is 0.469. The van der Waals surface area contributed by atoms with Crippen molar-refractivity contribution < 1.29 is 14.7 Å². The number of piperidine rings is 1. The van der Waals surface area contributed by atoms with Crippen LogP contribution >= 0.6 is 23.2 Å². The van der Waals surface area contributed by atoms with E-state index in [0.717, 1.165) is 37.7 Å². The third-order valence-corrected chi connectivity index (χ3v) is 10.4. The molecule has 0 bridgehead atoms. The van der Waals surface area contributed by atoms with Gasteiger partial charge in [-0.3, -0.25) is 9.59 Å². The Morgan fingerprint density at radius 2 is 1.89 bits per heavy atom. The molecule has 232 valence electrons. The number of hydrogen-bond donors (Lipinski definition) is 2. The molecule has 12 heteroatoms. The summed E-state index contributed by atoms with van der Waals surface area (Å²) < 4.78 is 0. The molecule has 3 aliphatic rings. The number of anilines is 1. The lowest BCUT2D eigenvalue weighted by molar-refractivity contribution is 0.0671. The molecule has 6 rings (SSSR count). The zero-order chi connectivity index (χ0) is 31.3. The van der Waals surface area contributed by atoms with Gasteiger partial charge in [-0.25, -0.2) is 15.0 Å². The summed E-state index contributed by atoms with van der Waals surface area (Å²) in [5.41, 5.74) is 11.5. The normalized spacial score (nSPS) is 20.7. The highest BCUT2D eigenvalue weighted by atomic mass is 35.5. The molecule has 10 nitrogen and oxygen atoms in total. The number of fused-ring (bicyclic) bond motifs is 1. The van der Waals surface area contributed by atoms with Crippen molar-refractivity contribution in [1.82, 2.24) is 24.8 Å². The number of aliphatic hydroxyl groups excluding tert-OH is 1. The van der Waals surface area contributed by atoms with Gasteiger partial charge in [0.15, 0.2) is 11.5 Å². The molecule has 0 radical (unpaired) electrons. The molecule has 4 heterocycles. The summed E-state index contributed by atoms with van der Waals surface area (Å²) in [6, 6.07) is 7.15. The standard InChI is InChI=1S/C32H37Cl2N7O3/c1-18-25(22-8-11-36-28(34)24(22)33)38-26(31(44)41-12-4-5-21(41)17-42)29(37-18)40-13-9-32(10-14-40)16-20-7-6-19(30(43)39(2)3)15-23(20)27(32)35/h6-8,11,15,21,27,42H,4-5,9-10,12-14,16-17,35H2,1-3H3/t21?,27-/m1/s1. The summed E-state index contributed by atoms with van der Waals surface area (Å²) in [7, 11) is 3.49. The predicted octanol–water partition coefficient (Wildman–Crippen LogP) is 4.30. The highest BCUT2D eigenvalue weighted by molar-refractivity contribution is 6.42. The van der Waals surface area contributed by atoms with Gasteiger partial charge >= 0.3 is 0 Å². The van der Waals surface area contributed by atoms with Crippen LogP contribution in [0.25, 0.3) is 11.3 Å². The topological polar surface area (TPSA) is 129 Å². The van der Waals surface area contributed by atoms with Gasteiger partial charge in [0.25, 0.3) is 11.8 Å². The number of likely N-dealkylation sites (tertiary alicyclic amines) is 1. The van der Waals surface area contributed by atoms with Crippen LogP contribution in [-0.4, -0.2) is 88.1 Å². The summed E-state index contributed by atoms with van der Waals surface area (Å²) in [6.45, 7) is 3.57. The van der Waals surface area contributed by atoms with E-state index in [1.165, 1.54) is 5.56 Å². The van der Waals surface area contributed by atoms with E-state index in [4.69, 9.17) is 38.9 Å². The average Bonchev–Trinajstić information content (AvgIpc) is 3.60. The van der Waals surface area contributed by atoms with E-state index in [2.05, 4.69) is 9.88 Å². The van der Waals surface area contributed by atoms with Gasteiger partial charge in [0.2, 0.25) is 0 Å². The van der Waals surface area contributed by atoms with Crippen LogP contribution in [0.4, 0.5) is 5.82 Å². The Morgan fingerprint density at radius 1 is 1.14 bits per heavy atom. The lowest BCUT2D eigenvalue weighted by atomic mass is 9.73. The molecule has 3 N–H and O–H groups in total. The van der Waals surface area contributed by atoms with Gasteiger partial charge < -0.3 is 25.5 Å². The molecule has 2 fully saturated rings. The van der Waals surface area contributed by atoms with Crippen LogP contribution in [0, 0.1) is 12.3 Å². The first-order valence-corrected chi connectivity index (χ1v) is 15.8. The summed E-state index contributed by atoms with van der Waals surface area (Å²) >= 11 is 12.7. The predicted molar refractivity (Wildman–Crippen MR) is 170 cm³/mol. The van der Waals surface area contributed by atoms with Crippen molar-refractivity contribution in [2.24, 2.45) is 11.1 Å². The minimum atomic E-state index is -0.259. The van der Waals surface area contributed by atoms with Crippen LogP contribution in [0.5, 0.6) is 0 Å². The number of nitrogens with two attached hydrogens (primary N) is 1.